The predicted molar refractivity (Wildman–Crippen MR) is 76.6 cm³/mol. The standard InChI is InChI=1S/C16H16OS/c1-11-4-5-12(2)16(8-11)18-15-7-6-14(10-17)9-13(15)3/h4-10H,1-3H3. The molecule has 18 heavy (non-hydrogen) atoms. The van der Waals surface area contributed by atoms with Gasteiger partial charge in [0.2, 0.25) is 0 Å². The molecule has 0 fully saturated rings. The first-order valence-electron chi connectivity index (χ1n) is 5.91. The molecule has 0 aliphatic heterocycles. The van der Waals surface area contributed by atoms with Crippen molar-refractivity contribution in [3.8, 4) is 0 Å². The third-order valence-corrected chi connectivity index (χ3v) is 4.24. The Hall–Kier alpha value is -1.54. The Labute approximate surface area is 112 Å². The Bertz CT molecular complexity index is 588. The van der Waals surface area contributed by atoms with Gasteiger partial charge in [-0.1, -0.05) is 30.0 Å². The monoisotopic (exact) mass is 256 g/mol. The summed E-state index contributed by atoms with van der Waals surface area (Å²) in [6.07, 6.45) is 0.888. The van der Waals surface area contributed by atoms with Crippen LogP contribution in [0, 0.1) is 20.8 Å². The fraction of sp³-hybridized carbons (Fsp3) is 0.188. The minimum Gasteiger partial charge on any atom is -0.298 e. The molecule has 2 heteroatoms. The van der Waals surface area contributed by atoms with E-state index in [4.69, 9.17) is 0 Å². The van der Waals surface area contributed by atoms with Crippen molar-refractivity contribution in [3.63, 3.8) is 0 Å². The molecule has 1 nitrogen and oxygen atoms in total. The zero-order valence-corrected chi connectivity index (χ0v) is 11.7. The molecular formula is C16H16OS. The number of rotatable bonds is 3. The molecule has 0 spiro atoms. The lowest BCUT2D eigenvalue weighted by atomic mass is 10.1. The van der Waals surface area contributed by atoms with Gasteiger partial charge in [-0.15, -0.1) is 0 Å². The van der Waals surface area contributed by atoms with Gasteiger partial charge < -0.3 is 0 Å². The summed E-state index contributed by atoms with van der Waals surface area (Å²) in [5.74, 6) is 0. The average molecular weight is 256 g/mol. The summed E-state index contributed by atoms with van der Waals surface area (Å²) in [4.78, 5) is 13.2. The molecule has 0 bridgehead atoms. The van der Waals surface area contributed by atoms with Gasteiger partial charge in [0.05, 0.1) is 0 Å². The van der Waals surface area contributed by atoms with Crippen LogP contribution in [0.5, 0.6) is 0 Å². The van der Waals surface area contributed by atoms with Crippen LogP contribution in [0.2, 0.25) is 0 Å². The Kier molecular flexibility index (Phi) is 3.87. The highest BCUT2D eigenvalue weighted by Crippen LogP contribution is 2.33. The van der Waals surface area contributed by atoms with Gasteiger partial charge in [0, 0.05) is 15.4 Å². The number of aldehydes is 1. The smallest absolute Gasteiger partial charge is 0.150 e. The van der Waals surface area contributed by atoms with Gasteiger partial charge in [0.1, 0.15) is 6.29 Å². The first-order valence-corrected chi connectivity index (χ1v) is 6.73. The number of benzene rings is 2. The molecule has 92 valence electrons. The molecule has 0 saturated heterocycles. The maximum Gasteiger partial charge on any atom is 0.150 e. The van der Waals surface area contributed by atoms with Crippen molar-refractivity contribution in [2.75, 3.05) is 0 Å². The van der Waals surface area contributed by atoms with Crippen molar-refractivity contribution in [1.29, 1.82) is 0 Å². The number of aryl methyl sites for hydroxylation is 3. The van der Waals surface area contributed by atoms with Crippen LogP contribution in [-0.2, 0) is 0 Å². The van der Waals surface area contributed by atoms with Crippen molar-refractivity contribution in [1.82, 2.24) is 0 Å². The summed E-state index contributed by atoms with van der Waals surface area (Å²) in [6.45, 7) is 6.27. The van der Waals surface area contributed by atoms with Gasteiger partial charge in [0.25, 0.3) is 0 Å². The summed E-state index contributed by atoms with van der Waals surface area (Å²) in [5.41, 5.74) is 4.43. The van der Waals surface area contributed by atoms with Crippen LogP contribution >= 0.6 is 11.8 Å². The van der Waals surface area contributed by atoms with Gasteiger partial charge in [-0.05, 0) is 55.7 Å². The van der Waals surface area contributed by atoms with E-state index in [1.807, 2.05) is 25.1 Å². The van der Waals surface area contributed by atoms with Gasteiger partial charge in [-0.25, -0.2) is 0 Å². The third-order valence-electron chi connectivity index (χ3n) is 2.90. The number of hydrogen-bond acceptors (Lipinski definition) is 2. The van der Waals surface area contributed by atoms with Crippen molar-refractivity contribution in [2.45, 2.75) is 30.6 Å². The molecule has 2 rings (SSSR count). The topological polar surface area (TPSA) is 17.1 Å². The quantitative estimate of drug-likeness (QED) is 0.748. The second-order valence-electron chi connectivity index (χ2n) is 4.51. The van der Waals surface area contributed by atoms with E-state index in [-0.39, 0.29) is 0 Å². The molecule has 0 saturated carbocycles. The highest BCUT2D eigenvalue weighted by Gasteiger charge is 2.05. The summed E-state index contributed by atoms with van der Waals surface area (Å²) in [7, 11) is 0. The van der Waals surface area contributed by atoms with Crippen molar-refractivity contribution >= 4 is 18.0 Å². The predicted octanol–water partition coefficient (Wildman–Crippen LogP) is 4.58. The largest absolute Gasteiger partial charge is 0.298 e. The first-order chi connectivity index (χ1) is 8.60. The zero-order valence-electron chi connectivity index (χ0n) is 10.9. The lowest BCUT2D eigenvalue weighted by molar-refractivity contribution is 0.112. The first kappa shape index (κ1) is 12.9. The lowest BCUT2D eigenvalue weighted by Crippen LogP contribution is -1.87. The molecule has 0 aliphatic carbocycles. The van der Waals surface area contributed by atoms with Gasteiger partial charge in [-0.2, -0.15) is 0 Å². The molecule has 0 N–H and O–H groups in total. The van der Waals surface area contributed by atoms with Crippen LogP contribution in [0.3, 0.4) is 0 Å². The van der Waals surface area contributed by atoms with E-state index in [0.717, 1.165) is 17.4 Å². The molecular weight excluding hydrogens is 240 g/mol. The third kappa shape index (κ3) is 2.82. The highest BCUT2D eigenvalue weighted by molar-refractivity contribution is 7.99. The van der Waals surface area contributed by atoms with E-state index in [1.165, 1.54) is 20.9 Å². The minimum atomic E-state index is 0.734. The number of carbonyl (C=O) groups excluding carboxylic acids is 1. The Morgan fingerprint density at radius 2 is 1.67 bits per heavy atom. The van der Waals surface area contributed by atoms with Crippen molar-refractivity contribution < 1.29 is 4.79 Å². The summed E-state index contributed by atoms with van der Waals surface area (Å²) >= 11 is 1.76. The van der Waals surface area contributed by atoms with E-state index in [1.54, 1.807) is 11.8 Å². The van der Waals surface area contributed by atoms with Crippen molar-refractivity contribution in [3.05, 3.63) is 58.7 Å². The maximum absolute atomic E-state index is 10.7. The van der Waals surface area contributed by atoms with E-state index in [0.29, 0.717) is 0 Å². The summed E-state index contributed by atoms with van der Waals surface area (Å²) in [6, 6.07) is 12.3. The summed E-state index contributed by atoms with van der Waals surface area (Å²) in [5, 5.41) is 0. The molecule has 0 unspecified atom stereocenters. The Morgan fingerprint density at radius 3 is 2.33 bits per heavy atom. The van der Waals surface area contributed by atoms with Crippen LogP contribution in [0.15, 0.2) is 46.2 Å². The molecule has 0 atom stereocenters. The van der Waals surface area contributed by atoms with E-state index in [2.05, 4.69) is 32.0 Å². The fourth-order valence-corrected chi connectivity index (χ4v) is 2.86. The molecule has 0 heterocycles. The maximum atomic E-state index is 10.7. The Morgan fingerprint density at radius 1 is 0.889 bits per heavy atom. The zero-order chi connectivity index (χ0) is 13.1. The van der Waals surface area contributed by atoms with Crippen LogP contribution < -0.4 is 0 Å². The number of carbonyl (C=O) groups is 1. The molecule has 0 radical (unpaired) electrons. The van der Waals surface area contributed by atoms with E-state index < -0.39 is 0 Å². The van der Waals surface area contributed by atoms with Crippen molar-refractivity contribution in [2.24, 2.45) is 0 Å². The normalized spacial score (nSPS) is 10.4. The van der Waals surface area contributed by atoms with Crippen LogP contribution in [0.1, 0.15) is 27.0 Å². The molecule has 0 amide bonds. The lowest BCUT2D eigenvalue weighted by Gasteiger charge is -2.09. The highest BCUT2D eigenvalue weighted by atomic mass is 32.2. The summed E-state index contributed by atoms with van der Waals surface area (Å²) < 4.78 is 0. The van der Waals surface area contributed by atoms with Gasteiger partial charge >= 0.3 is 0 Å². The van der Waals surface area contributed by atoms with Gasteiger partial charge in [-0.3, -0.25) is 4.79 Å². The molecule has 2 aromatic carbocycles. The van der Waals surface area contributed by atoms with Gasteiger partial charge in [0.15, 0.2) is 0 Å². The van der Waals surface area contributed by atoms with Crippen LogP contribution in [0.4, 0.5) is 0 Å². The molecule has 0 aromatic heterocycles. The van der Waals surface area contributed by atoms with Crippen LogP contribution in [0.25, 0.3) is 0 Å². The molecule has 2 aromatic rings. The number of hydrogen-bond donors (Lipinski definition) is 0. The second-order valence-corrected chi connectivity index (χ2v) is 5.60. The minimum absolute atomic E-state index is 0.734. The van der Waals surface area contributed by atoms with E-state index >= 15 is 0 Å². The fourth-order valence-electron chi connectivity index (χ4n) is 1.80. The van der Waals surface area contributed by atoms with E-state index in [9.17, 15) is 4.79 Å². The average Bonchev–Trinajstić information content (AvgIpc) is 2.36. The van der Waals surface area contributed by atoms with Crippen LogP contribution in [-0.4, -0.2) is 6.29 Å². The second kappa shape index (κ2) is 5.40. The Balaban J connectivity index is 2.34. The molecule has 0 aliphatic rings. The SMILES string of the molecule is Cc1ccc(C)c(Sc2ccc(C=O)cc2C)c1.